The summed E-state index contributed by atoms with van der Waals surface area (Å²) in [6.07, 6.45) is 5.99. The van der Waals surface area contributed by atoms with Gasteiger partial charge in [-0.05, 0) is 45.1 Å². The Morgan fingerprint density at radius 3 is 2.35 bits per heavy atom. The fraction of sp³-hybridized carbons (Fsp3) is 0.933. The summed E-state index contributed by atoms with van der Waals surface area (Å²) >= 11 is 0. The topological polar surface area (TPSA) is 52.6 Å². The van der Waals surface area contributed by atoms with Gasteiger partial charge < -0.3 is 10.4 Å². The quantitative estimate of drug-likeness (QED) is 0.838. The summed E-state index contributed by atoms with van der Waals surface area (Å²) in [7, 11) is 0. The molecule has 0 atom stereocenters. The van der Waals surface area contributed by atoms with Crippen LogP contribution < -0.4 is 5.32 Å². The van der Waals surface area contributed by atoms with E-state index in [-0.39, 0.29) is 12.4 Å². The minimum absolute atomic E-state index is 0. The molecule has 1 spiro atoms. The number of carboxylic acid groups (broad SMARTS) is 1. The van der Waals surface area contributed by atoms with Crippen LogP contribution in [0.5, 0.6) is 0 Å². The molecule has 5 heteroatoms. The van der Waals surface area contributed by atoms with Crippen LogP contribution in [0.25, 0.3) is 0 Å². The molecule has 2 saturated heterocycles. The lowest BCUT2D eigenvalue weighted by Gasteiger charge is -2.42. The summed E-state index contributed by atoms with van der Waals surface area (Å²) in [5.41, 5.74) is 0.137. The highest BCUT2D eigenvalue weighted by Crippen LogP contribution is 2.43. The molecule has 4 nitrogen and oxygen atoms in total. The van der Waals surface area contributed by atoms with Crippen LogP contribution in [0.2, 0.25) is 0 Å². The molecular weight excluding hydrogens is 276 g/mol. The number of carboxylic acids is 1. The molecule has 0 amide bonds. The molecule has 0 aromatic rings. The molecule has 3 rings (SSSR count). The van der Waals surface area contributed by atoms with Gasteiger partial charge >= 0.3 is 5.97 Å². The van der Waals surface area contributed by atoms with Gasteiger partial charge in [0.2, 0.25) is 0 Å². The fourth-order valence-corrected chi connectivity index (χ4v) is 4.29. The van der Waals surface area contributed by atoms with Crippen LogP contribution in [0.4, 0.5) is 0 Å². The first-order chi connectivity index (χ1) is 9.09. The maximum absolute atomic E-state index is 11.5. The highest BCUT2D eigenvalue weighted by atomic mass is 35.5. The first-order valence-corrected chi connectivity index (χ1v) is 7.77. The normalized spacial score (nSPS) is 36.4. The smallest absolute Gasteiger partial charge is 0.309 e. The highest BCUT2D eigenvalue weighted by Gasteiger charge is 2.47. The van der Waals surface area contributed by atoms with Crippen molar-refractivity contribution in [3.05, 3.63) is 0 Å². The number of aliphatic carboxylic acids is 1. The first-order valence-electron chi connectivity index (χ1n) is 7.77. The van der Waals surface area contributed by atoms with Crippen LogP contribution in [-0.2, 0) is 4.79 Å². The van der Waals surface area contributed by atoms with Crippen molar-refractivity contribution in [2.75, 3.05) is 26.2 Å². The Labute approximate surface area is 127 Å². The monoisotopic (exact) mass is 302 g/mol. The zero-order valence-electron chi connectivity index (χ0n) is 12.4. The van der Waals surface area contributed by atoms with Crippen molar-refractivity contribution in [2.45, 2.75) is 51.5 Å². The van der Waals surface area contributed by atoms with Gasteiger partial charge in [-0.2, -0.15) is 0 Å². The van der Waals surface area contributed by atoms with Gasteiger partial charge in [-0.15, -0.1) is 12.4 Å². The maximum Gasteiger partial charge on any atom is 0.309 e. The van der Waals surface area contributed by atoms with Crippen LogP contribution >= 0.6 is 12.4 Å². The molecule has 1 aliphatic carbocycles. The van der Waals surface area contributed by atoms with E-state index in [0.717, 1.165) is 32.1 Å². The van der Waals surface area contributed by atoms with E-state index in [1.165, 1.54) is 32.6 Å². The second-order valence-electron chi connectivity index (χ2n) is 6.99. The summed E-state index contributed by atoms with van der Waals surface area (Å²) in [5, 5.41) is 12.8. The van der Waals surface area contributed by atoms with Crippen LogP contribution in [-0.4, -0.2) is 48.2 Å². The Kier molecular flexibility index (Phi) is 4.67. The predicted octanol–water partition coefficient (Wildman–Crippen LogP) is 2.13. The van der Waals surface area contributed by atoms with Gasteiger partial charge in [0.05, 0.1) is 5.41 Å². The van der Waals surface area contributed by atoms with Crippen molar-refractivity contribution < 1.29 is 9.90 Å². The Bertz CT molecular complexity index is 363. The highest BCUT2D eigenvalue weighted by molar-refractivity contribution is 5.85. The van der Waals surface area contributed by atoms with Crippen LogP contribution in [0.3, 0.4) is 0 Å². The van der Waals surface area contributed by atoms with Crippen LogP contribution in [0.1, 0.15) is 45.4 Å². The van der Waals surface area contributed by atoms with Crippen molar-refractivity contribution in [1.82, 2.24) is 10.2 Å². The number of nitrogens with one attached hydrogen (secondary N) is 1. The second kappa shape index (κ2) is 5.82. The molecule has 0 radical (unpaired) electrons. The Morgan fingerprint density at radius 1 is 1.30 bits per heavy atom. The van der Waals surface area contributed by atoms with Gasteiger partial charge in [-0.25, -0.2) is 0 Å². The zero-order valence-corrected chi connectivity index (χ0v) is 13.2. The number of hydrogen-bond acceptors (Lipinski definition) is 3. The Hall–Kier alpha value is -0.320. The summed E-state index contributed by atoms with van der Waals surface area (Å²) < 4.78 is 0. The molecule has 0 aromatic heterocycles. The van der Waals surface area contributed by atoms with Crippen molar-refractivity contribution in [3.63, 3.8) is 0 Å². The summed E-state index contributed by atoms with van der Waals surface area (Å²) in [6.45, 7) is 6.85. The van der Waals surface area contributed by atoms with Crippen molar-refractivity contribution in [3.8, 4) is 0 Å². The van der Waals surface area contributed by atoms with Gasteiger partial charge in [0.15, 0.2) is 0 Å². The summed E-state index contributed by atoms with van der Waals surface area (Å²) in [5.74, 6) is -0.575. The molecule has 2 N–H and O–H groups in total. The predicted molar refractivity (Wildman–Crippen MR) is 81.4 cm³/mol. The van der Waals surface area contributed by atoms with E-state index in [9.17, 15) is 9.90 Å². The number of halogens is 1. The average molecular weight is 303 g/mol. The lowest BCUT2D eigenvalue weighted by Crippen LogP contribution is -2.55. The first kappa shape index (κ1) is 16.1. The van der Waals surface area contributed by atoms with Crippen LogP contribution in [0, 0.1) is 10.8 Å². The maximum atomic E-state index is 11.5. The summed E-state index contributed by atoms with van der Waals surface area (Å²) in [6, 6.07) is 0.638. The molecule has 0 bridgehead atoms. The average Bonchev–Trinajstić information content (AvgIpc) is 2.84. The van der Waals surface area contributed by atoms with E-state index in [1.54, 1.807) is 0 Å². The third kappa shape index (κ3) is 2.58. The number of rotatable bonds is 3. The summed E-state index contributed by atoms with van der Waals surface area (Å²) in [4.78, 5) is 14.1. The SMILES string of the molecule is CCC1(C(=O)O)CCC(N2CCC3(CNC3)C2)CC1.Cl. The van der Waals surface area contributed by atoms with Crippen molar-refractivity contribution in [1.29, 1.82) is 0 Å². The van der Waals surface area contributed by atoms with E-state index < -0.39 is 11.4 Å². The molecule has 3 aliphatic rings. The zero-order chi connectivity index (χ0) is 13.5. The molecule has 116 valence electrons. The lowest BCUT2D eigenvalue weighted by molar-refractivity contribution is -0.152. The minimum atomic E-state index is -0.575. The molecular formula is C15H27ClN2O2. The standard InChI is InChI=1S/C15H26N2O2.ClH/c1-2-15(13(18)19)5-3-12(4-6-15)17-8-7-14(11-17)9-16-10-14;/h12,16H,2-11H2,1H3,(H,18,19);1H. The van der Waals surface area contributed by atoms with Gasteiger partial charge in [0.1, 0.15) is 0 Å². The number of nitrogens with zero attached hydrogens (tertiary/aromatic N) is 1. The third-order valence-corrected chi connectivity index (χ3v) is 6.03. The van der Waals surface area contributed by atoms with Crippen molar-refractivity contribution >= 4 is 18.4 Å². The Morgan fingerprint density at radius 2 is 1.95 bits per heavy atom. The molecule has 3 fully saturated rings. The van der Waals surface area contributed by atoms with Crippen LogP contribution in [0.15, 0.2) is 0 Å². The number of likely N-dealkylation sites (tertiary alicyclic amines) is 1. The number of hydrogen-bond donors (Lipinski definition) is 2. The van der Waals surface area contributed by atoms with Gasteiger partial charge in [-0.3, -0.25) is 9.69 Å². The third-order valence-electron chi connectivity index (χ3n) is 6.03. The Balaban J connectivity index is 0.00000147. The van der Waals surface area contributed by atoms with E-state index in [2.05, 4.69) is 10.2 Å². The van der Waals surface area contributed by atoms with Gasteiger partial charge in [0, 0.05) is 31.1 Å². The lowest BCUT2D eigenvalue weighted by atomic mass is 9.70. The molecule has 0 aromatic carbocycles. The van der Waals surface area contributed by atoms with Gasteiger partial charge in [0.25, 0.3) is 0 Å². The van der Waals surface area contributed by atoms with E-state index in [4.69, 9.17) is 0 Å². The molecule has 2 heterocycles. The fourth-order valence-electron chi connectivity index (χ4n) is 4.29. The largest absolute Gasteiger partial charge is 0.481 e. The second-order valence-corrected chi connectivity index (χ2v) is 6.99. The molecule has 20 heavy (non-hydrogen) atoms. The van der Waals surface area contributed by atoms with E-state index >= 15 is 0 Å². The van der Waals surface area contributed by atoms with E-state index in [1.807, 2.05) is 6.92 Å². The minimum Gasteiger partial charge on any atom is -0.481 e. The van der Waals surface area contributed by atoms with E-state index in [0.29, 0.717) is 11.5 Å². The molecule has 0 unspecified atom stereocenters. The molecule has 2 aliphatic heterocycles. The van der Waals surface area contributed by atoms with Crippen molar-refractivity contribution in [2.24, 2.45) is 10.8 Å². The molecule has 1 saturated carbocycles. The number of carbonyl (C=O) groups is 1. The van der Waals surface area contributed by atoms with Gasteiger partial charge in [-0.1, -0.05) is 6.92 Å².